The molecule has 2 aromatic rings. The molecular formula is C21H23N3O6. The molecule has 0 aliphatic rings. The third-order valence-electron chi connectivity index (χ3n) is 3.94. The molecule has 9 heteroatoms. The molecule has 2 aromatic carbocycles. The van der Waals surface area contributed by atoms with E-state index in [2.05, 4.69) is 5.32 Å². The summed E-state index contributed by atoms with van der Waals surface area (Å²) in [5.74, 6) is -1.85. The van der Waals surface area contributed by atoms with Crippen molar-refractivity contribution in [3.8, 4) is 5.75 Å². The van der Waals surface area contributed by atoms with E-state index >= 15 is 0 Å². The van der Waals surface area contributed by atoms with Crippen molar-refractivity contribution in [3.63, 3.8) is 0 Å². The SMILES string of the molecule is Cc1ccc(NC(=O)CN(C)C(=O)COC(=O)c2ccc(OCC(N)=O)cc2)cc1. The number of amides is 3. The Balaban J connectivity index is 1.78. The van der Waals surface area contributed by atoms with Gasteiger partial charge in [0, 0.05) is 12.7 Å². The number of nitrogens with one attached hydrogen (secondary N) is 1. The Kier molecular flexibility index (Phi) is 7.92. The highest BCUT2D eigenvalue weighted by molar-refractivity contribution is 5.95. The lowest BCUT2D eigenvalue weighted by molar-refractivity contribution is -0.136. The zero-order valence-corrected chi connectivity index (χ0v) is 16.7. The van der Waals surface area contributed by atoms with E-state index in [9.17, 15) is 19.2 Å². The number of carbonyl (C=O) groups excluding carboxylic acids is 4. The molecule has 0 aliphatic heterocycles. The number of carbonyl (C=O) groups is 4. The normalized spacial score (nSPS) is 10.1. The average molecular weight is 413 g/mol. The van der Waals surface area contributed by atoms with Crippen molar-refractivity contribution < 1.29 is 28.7 Å². The quantitative estimate of drug-likeness (QED) is 0.593. The summed E-state index contributed by atoms with van der Waals surface area (Å²) >= 11 is 0. The molecule has 0 fully saturated rings. The molecule has 0 radical (unpaired) electrons. The van der Waals surface area contributed by atoms with Crippen LogP contribution in [0.3, 0.4) is 0 Å². The predicted octanol–water partition coefficient (Wildman–Crippen LogP) is 1.11. The van der Waals surface area contributed by atoms with Gasteiger partial charge in [-0.15, -0.1) is 0 Å². The highest BCUT2D eigenvalue weighted by Gasteiger charge is 2.16. The van der Waals surface area contributed by atoms with Crippen molar-refractivity contribution in [1.29, 1.82) is 0 Å². The Bertz CT molecular complexity index is 909. The Hall–Kier alpha value is -3.88. The fraction of sp³-hybridized carbons (Fsp3) is 0.238. The fourth-order valence-corrected chi connectivity index (χ4v) is 2.30. The Morgan fingerprint density at radius 2 is 1.60 bits per heavy atom. The summed E-state index contributed by atoms with van der Waals surface area (Å²) in [6.45, 7) is 0.969. The van der Waals surface area contributed by atoms with Gasteiger partial charge in [-0.3, -0.25) is 14.4 Å². The van der Waals surface area contributed by atoms with E-state index in [-0.39, 0.29) is 24.6 Å². The number of hydrogen-bond acceptors (Lipinski definition) is 6. The molecule has 0 saturated carbocycles. The van der Waals surface area contributed by atoms with Crippen molar-refractivity contribution in [2.75, 3.05) is 32.1 Å². The van der Waals surface area contributed by atoms with Crippen LogP contribution in [0.2, 0.25) is 0 Å². The summed E-state index contributed by atoms with van der Waals surface area (Å²) < 4.78 is 10.1. The molecule has 0 bridgehead atoms. The molecule has 3 N–H and O–H groups in total. The summed E-state index contributed by atoms with van der Waals surface area (Å²) in [4.78, 5) is 48.1. The Morgan fingerprint density at radius 3 is 2.20 bits per heavy atom. The molecule has 0 aliphatic carbocycles. The van der Waals surface area contributed by atoms with Crippen molar-refractivity contribution >= 4 is 29.4 Å². The molecule has 3 amide bonds. The van der Waals surface area contributed by atoms with Crippen LogP contribution < -0.4 is 15.8 Å². The van der Waals surface area contributed by atoms with Crippen molar-refractivity contribution in [1.82, 2.24) is 4.90 Å². The van der Waals surface area contributed by atoms with Crippen molar-refractivity contribution in [2.24, 2.45) is 5.73 Å². The van der Waals surface area contributed by atoms with Crippen LogP contribution >= 0.6 is 0 Å². The first-order valence-electron chi connectivity index (χ1n) is 9.03. The fourth-order valence-electron chi connectivity index (χ4n) is 2.30. The van der Waals surface area contributed by atoms with Crippen LogP contribution in [0.25, 0.3) is 0 Å². The van der Waals surface area contributed by atoms with Crippen LogP contribution in [0.4, 0.5) is 5.69 Å². The molecule has 158 valence electrons. The predicted molar refractivity (Wildman–Crippen MR) is 109 cm³/mol. The second-order valence-electron chi connectivity index (χ2n) is 6.52. The first-order chi connectivity index (χ1) is 14.2. The molecule has 0 spiro atoms. The van der Waals surface area contributed by atoms with E-state index in [0.717, 1.165) is 10.5 Å². The zero-order valence-electron chi connectivity index (χ0n) is 16.7. The summed E-state index contributed by atoms with van der Waals surface area (Å²) in [6.07, 6.45) is 0. The molecule has 0 saturated heterocycles. The van der Waals surface area contributed by atoms with Gasteiger partial charge < -0.3 is 25.4 Å². The van der Waals surface area contributed by atoms with Gasteiger partial charge in [0.05, 0.1) is 12.1 Å². The number of benzene rings is 2. The average Bonchev–Trinajstić information content (AvgIpc) is 2.72. The van der Waals surface area contributed by atoms with Gasteiger partial charge in [-0.2, -0.15) is 0 Å². The van der Waals surface area contributed by atoms with Gasteiger partial charge in [0.2, 0.25) is 5.91 Å². The minimum Gasteiger partial charge on any atom is -0.484 e. The number of primary amides is 1. The van der Waals surface area contributed by atoms with E-state index in [1.807, 2.05) is 19.1 Å². The van der Waals surface area contributed by atoms with Crippen LogP contribution in [-0.4, -0.2) is 55.4 Å². The van der Waals surface area contributed by atoms with E-state index < -0.39 is 24.4 Å². The monoisotopic (exact) mass is 413 g/mol. The lowest BCUT2D eigenvalue weighted by Crippen LogP contribution is -2.37. The molecular weight excluding hydrogens is 390 g/mol. The maximum atomic E-state index is 12.1. The highest BCUT2D eigenvalue weighted by atomic mass is 16.5. The highest BCUT2D eigenvalue weighted by Crippen LogP contribution is 2.13. The summed E-state index contributed by atoms with van der Waals surface area (Å²) in [5.41, 5.74) is 6.88. The van der Waals surface area contributed by atoms with Crippen LogP contribution in [0.5, 0.6) is 5.75 Å². The lowest BCUT2D eigenvalue weighted by atomic mass is 10.2. The van der Waals surface area contributed by atoms with Crippen LogP contribution in [-0.2, 0) is 19.1 Å². The van der Waals surface area contributed by atoms with Gasteiger partial charge >= 0.3 is 5.97 Å². The van der Waals surface area contributed by atoms with Crippen molar-refractivity contribution in [3.05, 3.63) is 59.7 Å². The third kappa shape index (κ3) is 7.27. The van der Waals surface area contributed by atoms with E-state index in [0.29, 0.717) is 11.4 Å². The number of ether oxygens (including phenoxy) is 2. The van der Waals surface area contributed by atoms with Gasteiger partial charge in [0.1, 0.15) is 5.75 Å². The largest absolute Gasteiger partial charge is 0.484 e. The summed E-state index contributed by atoms with van der Waals surface area (Å²) in [7, 11) is 1.44. The second-order valence-corrected chi connectivity index (χ2v) is 6.52. The topological polar surface area (TPSA) is 128 Å². The van der Waals surface area contributed by atoms with Crippen LogP contribution in [0, 0.1) is 6.92 Å². The van der Waals surface area contributed by atoms with E-state index in [1.54, 1.807) is 12.1 Å². The minimum atomic E-state index is -0.706. The minimum absolute atomic E-state index is 0.184. The van der Waals surface area contributed by atoms with Gasteiger partial charge in [-0.25, -0.2) is 4.79 Å². The molecule has 0 heterocycles. The molecule has 2 rings (SSSR count). The number of anilines is 1. The lowest BCUT2D eigenvalue weighted by Gasteiger charge is -2.17. The number of aryl methyl sites for hydroxylation is 1. The number of nitrogens with zero attached hydrogens (tertiary/aromatic N) is 1. The zero-order chi connectivity index (χ0) is 22.1. The van der Waals surface area contributed by atoms with Crippen molar-refractivity contribution in [2.45, 2.75) is 6.92 Å². The number of likely N-dealkylation sites (N-methyl/N-ethyl adjacent to an activating group) is 1. The second kappa shape index (κ2) is 10.6. The van der Waals surface area contributed by atoms with Crippen LogP contribution in [0.15, 0.2) is 48.5 Å². The molecule has 30 heavy (non-hydrogen) atoms. The van der Waals surface area contributed by atoms with Gasteiger partial charge in [-0.05, 0) is 43.3 Å². The molecule has 0 unspecified atom stereocenters. The molecule has 0 atom stereocenters. The third-order valence-corrected chi connectivity index (χ3v) is 3.94. The first-order valence-corrected chi connectivity index (χ1v) is 9.03. The Labute approximate surface area is 173 Å². The first kappa shape index (κ1) is 22.4. The summed E-state index contributed by atoms with van der Waals surface area (Å²) in [6, 6.07) is 13.1. The van der Waals surface area contributed by atoms with E-state index in [4.69, 9.17) is 15.2 Å². The molecule has 0 aromatic heterocycles. The smallest absolute Gasteiger partial charge is 0.338 e. The Morgan fingerprint density at radius 1 is 0.967 bits per heavy atom. The number of esters is 1. The maximum absolute atomic E-state index is 12.1. The van der Waals surface area contributed by atoms with Gasteiger partial charge in [-0.1, -0.05) is 17.7 Å². The van der Waals surface area contributed by atoms with Gasteiger partial charge in [0.15, 0.2) is 13.2 Å². The number of nitrogens with two attached hydrogens (primary N) is 1. The molecule has 9 nitrogen and oxygen atoms in total. The maximum Gasteiger partial charge on any atom is 0.338 e. The van der Waals surface area contributed by atoms with Gasteiger partial charge in [0.25, 0.3) is 11.8 Å². The number of hydrogen-bond donors (Lipinski definition) is 2. The van der Waals surface area contributed by atoms with E-state index in [1.165, 1.54) is 31.3 Å². The van der Waals surface area contributed by atoms with Crippen LogP contribution in [0.1, 0.15) is 15.9 Å². The standard InChI is InChI=1S/C21H23N3O6/c1-14-3-7-16(8-4-14)23-19(26)11-24(2)20(27)13-30-21(28)15-5-9-17(10-6-15)29-12-18(22)25/h3-10H,11-13H2,1-2H3,(H2,22,25)(H,23,26). The summed E-state index contributed by atoms with van der Waals surface area (Å²) in [5, 5.41) is 2.69. The number of rotatable bonds is 9.